The van der Waals surface area contributed by atoms with Crippen LogP contribution >= 0.6 is 0 Å². The molecule has 2 heterocycles. The first-order valence-electron chi connectivity index (χ1n) is 10.9. The molecule has 3 rings (SSSR count). The summed E-state index contributed by atoms with van der Waals surface area (Å²) in [6, 6.07) is 0. The van der Waals surface area contributed by atoms with Gasteiger partial charge in [0.25, 0.3) is 11.8 Å². The van der Waals surface area contributed by atoms with Crippen molar-refractivity contribution in [2.45, 2.75) is 77.7 Å². The Bertz CT molecular complexity index is 735. The summed E-state index contributed by atoms with van der Waals surface area (Å²) in [5, 5.41) is 3.03. The molecule has 0 atom stereocenters. The molecule has 0 radical (unpaired) electrons. The molecule has 0 bridgehead atoms. The Balaban J connectivity index is 1.70. The van der Waals surface area contributed by atoms with Crippen LogP contribution in [0.2, 0.25) is 0 Å². The number of nitrogens with zero attached hydrogens (tertiary/aromatic N) is 3. The number of carbonyl (C=O) groups excluding carboxylic acids is 2. The molecule has 28 heavy (non-hydrogen) atoms. The molecule has 0 fully saturated rings. The first-order valence-corrected chi connectivity index (χ1v) is 10.9. The molecular weight excluding hydrogens is 352 g/mol. The highest BCUT2D eigenvalue weighted by Crippen LogP contribution is 2.23. The molecule has 1 N–H and O–H groups in total. The van der Waals surface area contributed by atoms with E-state index in [4.69, 9.17) is 0 Å². The molecule has 1 aromatic rings. The van der Waals surface area contributed by atoms with Crippen molar-refractivity contribution in [3.63, 3.8) is 0 Å². The quantitative estimate of drug-likeness (QED) is 0.693. The fourth-order valence-electron chi connectivity index (χ4n) is 4.11. The van der Waals surface area contributed by atoms with Crippen molar-refractivity contribution in [1.29, 1.82) is 0 Å². The monoisotopic (exact) mass is 386 g/mol. The molecule has 1 aliphatic heterocycles. The third-order valence-corrected chi connectivity index (χ3v) is 5.83. The number of imidazole rings is 1. The van der Waals surface area contributed by atoms with Crippen molar-refractivity contribution in [2.75, 3.05) is 20.1 Å². The maximum absolute atomic E-state index is 12.9. The van der Waals surface area contributed by atoms with Crippen molar-refractivity contribution < 1.29 is 9.59 Å². The lowest BCUT2D eigenvalue weighted by molar-refractivity contribution is 0.0775. The lowest BCUT2D eigenvalue weighted by Crippen LogP contribution is -2.31. The van der Waals surface area contributed by atoms with E-state index in [1.165, 1.54) is 18.4 Å². The summed E-state index contributed by atoms with van der Waals surface area (Å²) in [6.07, 6.45) is 13.0. The van der Waals surface area contributed by atoms with Gasteiger partial charge in [-0.3, -0.25) is 9.59 Å². The van der Waals surface area contributed by atoms with Crippen LogP contribution in [0.25, 0.3) is 0 Å². The summed E-state index contributed by atoms with van der Waals surface area (Å²) in [6.45, 7) is 4.23. The van der Waals surface area contributed by atoms with E-state index in [1.807, 2.05) is 11.6 Å². The van der Waals surface area contributed by atoms with Crippen LogP contribution in [0.4, 0.5) is 0 Å². The molecule has 0 spiro atoms. The first kappa shape index (κ1) is 20.6. The van der Waals surface area contributed by atoms with E-state index in [0.717, 1.165) is 63.6 Å². The molecule has 2 amide bonds. The molecule has 154 valence electrons. The van der Waals surface area contributed by atoms with Gasteiger partial charge in [0.05, 0.1) is 5.69 Å². The van der Waals surface area contributed by atoms with Gasteiger partial charge in [-0.25, -0.2) is 4.98 Å². The largest absolute Gasteiger partial charge is 0.350 e. The molecule has 1 aromatic heterocycles. The second-order valence-electron chi connectivity index (χ2n) is 8.03. The molecule has 0 aromatic carbocycles. The Morgan fingerprint density at radius 2 is 2.04 bits per heavy atom. The van der Waals surface area contributed by atoms with Gasteiger partial charge in [-0.05, 0) is 57.8 Å². The standard InChI is InChI=1S/C22H34N4O2/c1-3-4-15-25(2)22(28)20-24-19(18-12-8-9-16-26(18)20)21(27)23-14-13-17-10-6-5-7-11-17/h10H,3-9,11-16H2,1-2H3,(H,23,27). The van der Waals surface area contributed by atoms with Crippen LogP contribution < -0.4 is 5.32 Å². The molecule has 1 aliphatic carbocycles. The lowest BCUT2D eigenvalue weighted by Gasteiger charge is -2.20. The highest BCUT2D eigenvalue weighted by atomic mass is 16.2. The first-order chi connectivity index (χ1) is 13.6. The van der Waals surface area contributed by atoms with Gasteiger partial charge in [0, 0.05) is 26.7 Å². The summed E-state index contributed by atoms with van der Waals surface area (Å²) in [7, 11) is 1.82. The van der Waals surface area contributed by atoms with E-state index in [9.17, 15) is 9.59 Å². The van der Waals surface area contributed by atoms with E-state index in [0.29, 0.717) is 24.6 Å². The van der Waals surface area contributed by atoms with Crippen molar-refractivity contribution in [3.8, 4) is 0 Å². The highest BCUT2D eigenvalue weighted by Gasteiger charge is 2.28. The molecule has 0 saturated heterocycles. The second kappa shape index (κ2) is 9.89. The van der Waals surface area contributed by atoms with Gasteiger partial charge in [0.1, 0.15) is 5.69 Å². The van der Waals surface area contributed by atoms with Crippen LogP contribution in [0.15, 0.2) is 11.6 Å². The zero-order valence-electron chi connectivity index (χ0n) is 17.4. The minimum absolute atomic E-state index is 0.0805. The smallest absolute Gasteiger partial charge is 0.289 e. The third-order valence-electron chi connectivity index (χ3n) is 5.83. The van der Waals surface area contributed by atoms with Crippen LogP contribution in [0.1, 0.15) is 91.5 Å². The summed E-state index contributed by atoms with van der Waals surface area (Å²) < 4.78 is 1.98. The van der Waals surface area contributed by atoms with Gasteiger partial charge in [0.15, 0.2) is 5.82 Å². The maximum atomic E-state index is 12.9. The molecule has 0 saturated carbocycles. The Labute approximate surface area is 168 Å². The number of allylic oxidation sites excluding steroid dienone is 1. The van der Waals surface area contributed by atoms with Crippen molar-refractivity contribution in [3.05, 3.63) is 28.9 Å². The van der Waals surface area contributed by atoms with Gasteiger partial charge in [-0.1, -0.05) is 25.0 Å². The Hall–Kier alpha value is -2.11. The predicted molar refractivity (Wildman–Crippen MR) is 111 cm³/mol. The Morgan fingerprint density at radius 3 is 2.79 bits per heavy atom. The number of nitrogens with one attached hydrogen (secondary N) is 1. The topological polar surface area (TPSA) is 67.2 Å². The summed E-state index contributed by atoms with van der Waals surface area (Å²) in [5.41, 5.74) is 2.82. The van der Waals surface area contributed by atoms with E-state index in [-0.39, 0.29) is 11.8 Å². The highest BCUT2D eigenvalue weighted by molar-refractivity contribution is 5.97. The van der Waals surface area contributed by atoms with E-state index >= 15 is 0 Å². The molecule has 6 nitrogen and oxygen atoms in total. The van der Waals surface area contributed by atoms with Gasteiger partial charge >= 0.3 is 0 Å². The van der Waals surface area contributed by atoms with Crippen molar-refractivity contribution >= 4 is 11.8 Å². The number of fused-ring (bicyclic) bond motifs is 1. The molecular formula is C22H34N4O2. The number of hydrogen-bond donors (Lipinski definition) is 1. The Morgan fingerprint density at radius 1 is 1.21 bits per heavy atom. The second-order valence-corrected chi connectivity index (χ2v) is 8.03. The van der Waals surface area contributed by atoms with Gasteiger partial charge < -0.3 is 14.8 Å². The number of amides is 2. The lowest BCUT2D eigenvalue weighted by atomic mass is 9.97. The summed E-state index contributed by atoms with van der Waals surface area (Å²) in [5.74, 6) is 0.203. The SMILES string of the molecule is CCCCN(C)C(=O)c1nc(C(=O)NCCC2=CCCCC2)c2n1CCCC2. The number of carbonyl (C=O) groups is 2. The molecule has 2 aliphatic rings. The number of unbranched alkanes of at least 4 members (excludes halogenated alkanes) is 1. The van der Waals surface area contributed by atoms with Crippen LogP contribution in [0.5, 0.6) is 0 Å². The van der Waals surface area contributed by atoms with Crippen LogP contribution in [-0.4, -0.2) is 46.4 Å². The summed E-state index contributed by atoms with van der Waals surface area (Å²) in [4.78, 5) is 31.9. The fraction of sp³-hybridized carbons (Fsp3) is 0.682. The average molecular weight is 387 g/mol. The predicted octanol–water partition coefficient (Wildman–Crippen LogP) is 3.71. The average Bonchev–Trinajstić information content (AvgIpc) is 3.12. The minimum Gasteiger partial charge on any atom is -0.350 e. The van der Waals surface area contributed by atoms with Gasteiger partial charge in [-0.15, -0.1) is 0 Å². The minimum atomic E-state index is -0.141. The Kier molecular flexibility index (Phi) is 7.29. The van der Waals surface area contributed by atoms with Gasteiger partial charge in [0.2, 0.25) is 0 Å². The normalized spacial score (nSPS) is 16.3. The third kappa shape index (κ3) is 4.83. The fourth-order valence-corrected chi connectivity index (χ4v) is 4.11. The zero-order valence-corrected chi connectivity index (χ0v) is 17.4. The van der Waals surface area contributed by atoms with Crippen LogP contribution in [0.3, 0.4) is 0 Å². The molecule has 0 unspecified atom stereocenters. The maximum Gasteiger partial charge on any atom is 0.289 e. The van der Waals surface area contributed by atoms with Crippen molar-refractivity contribution in [2.24, 2.45) is 0 Å². The van der Waals surface area contributed by atoms with E-state index < -0.39 is 0 Å². The van der Waals surface area contributed by atoms with Crippen LogP contribution in [0, 0.1) is 0 Å². The zero-order chi connectivity index (χ0) is 19.9. The van der Waals surface area contributed by atoms with Crippen molar-refractivity contribution in [1.82, 2.24) is 19.8 Å². The number of hydrogen-bond acceptors (Lipinski definition) is 3. The molecule has 6 heteroatoms. The number of rotatable bonds is 8. The van der Waals surface area contributed by atoms with E-state index in [1.54, 1.807) is 4.90 Å². The van der Waals surface area contributed by atoms with Gasteiger partial charge in [-0.2, -0.15) is 0 Å². The van der Waals surface area contributed by atoms with E-state index in [2.05, 4.69) is 23.3 Å². The number of aromatic nitrogens is 2. The van der Waals surface area contributed by atoms with Crippen LogP contribution in [-0.2, 0) is 13.0 Å². The summed E-state index contributed by atoms with van der Waals surface area (Å²) >= 11 is 0.